The minimum Gasteiger partial charge on any atom is -0.355 e. The average molecular weight is 220 g/mol. The van der Waals surface area contributed by atoms with E-state index >= 15 is 0 Å². The molecule has 0 unspecified atom stereocenters. The zero-order chi connectivity index (χ0) is 12.0. The molecular formula is C13H20N2O. The van der Waals surface area contributed by atoms with Gasteiger partial charge >= 0.3 is 0 Å². The number of hydrogen-bond acceptors (Lipinski definition) is 2. The van der Waals surface area contributed by atoms with Crippen molar-refractivity contribution in [3.05, 3.63) is 35.4 Å². The fraction of sp³-hybridized carbons (Fsp3) is 0.462. The number of hydrogen-bond donors (Lipinski definition) is 1. The summed E-state index contributed by atoms with van der Waals surface area (Å²) in [6, 6.07) is 8.25. The molecule has 0 radical (unpaired) electrons. The van der Waals surface area contributed by atoms with E-state index in [2.05, 4.69) is 24.4 Å². The highest BCUT2D eigenvalue weighted by atomic mass is 16.1. The van der Waals surface area contributed by atoms with E-state index in [1.54, 1.807) is 0 Å². The number of amides is 1. The lowest BCUT2D eigenvalue weighted by Crippen LogP contribution is -2.34. The zero-order valence-electron chi connectivity index (χ0n) is 10.3. The molecule has 0 aliphatic carbocycles. The molecule has 16 heavy (non-hydrogen) atoms. The first-order chi connectivity index (χ1) is 7.63. The Labute approximate surface area is 97.5 Å². The first kappa shape index (κ1) is 12.7. The molecule has 88 valence electrons. The maximum Gasteiger partial charge on any atom is 0.234 e. The van der Waals surface area contributed by atoms with Crippen molar-refractivity contribution >= 4 is 5.91 Å². The van der Waals surface area contributed by atoms with Crippen LogP contribution < -0.4 is 5.32 Å². The van der Waals surface area contributed by atoms with Crippen LogP contribution in [0, 0.1) is 6.92 Å². The molecule has 3 heteroatoms. The van der Waals surface area contributed by atoms with E-state index in [0.29, 0.717) is 13.1 Å². The van der Waals surface area contributed by atoms with Crippen LogP contribution in [0.2, 0.25) is 0 Å². The molecule has 1 aromatic rings. The lowest BCUT2D eigenvalue weighted by molar-refractivity contribution is -0.121. The van der Waals surface area contributed by atoms with Crippen molar-refractivity contribution in [3.8, 4) is 0 Å². The highest BCUT2D eigenvalue weighted by Crippen LogP contribution is 2.08. The standard InChI is InChI=1S/C13H20N2O/c1-4-14-13(16)10-15(3)9-12-8-6-5-7-11(12)2/h5-8H,4,9-10H2,1-3H3,(H,14,16). The molecule has 0 bridgehead atoms. The molecule has 0 aliphatic rings. The molecule has 0 aliphatic heterocycles. The average Bonchev–Trinajstić information content (AvgIpc) is 2.21. The minimum atomic E-state index is 0.0820. The van der Waals surface area contributed by atoms with Crippen molar-refractivity contribution in [2.75, 3.05) is 20.1 Å². The molecule has 0 heterocycles. The first-order valence-electron chi connectivity index (χ1n) is 5.63. The molecule has 3 nitrogen and oxygen atoms in total. The van der Waals surface area contributed by atoms with Crippen LogP contribution in [0.5, 0.6) is 0 Å². The molecule has 1 aromatic carbocycles. The first-order valence-corrected chi connectivity index (χ1v) is 5.63. The van der Waals surface area contributed by atoms with E-state index in [0.717, 1.165) is 6.54 Å². The van der Waals surface area contributed by atoms with Crippen molar-refractivity contribution in [2.24, 2.45) is 0 Å². The van der Waals surface area contributed by atoms with Gasteiger partial charge in [-0.3, -0.25) is 9.69 Å². The van der Waals surface area contributed by atoms with Gasteiger partial charge in [0.25, 0.3) is 0 Å². The molecule has 0 spiro atoms. The minimum absolute atomic E-state index is 0.0820. The van der Waals surface area contributed by atoms with Gasteiger partial charge in [-0.15, -0.1) is 0 Å². The van der Waals surface area contributed by atoms with E-state index in [1.807, 2.05) is 31.0 Å². The number of nitrogens with one attached hydrogen (secondary N) is 1. The number of nitrogens with zero attached hydrogens (tertiary/aromatic N) is 1. The third-order valence-corrected chi connectivity index (χ3v) is 2.49. The van der Waals surface area contributed by atoms with Crippen LogP contribution in [0.15, 0.2) is 24.3 Å². The van der Waals surface area contributed by atoms with Gasteiger partial charge in [0.05, 0.1) is 6.54 Å². The second-order valence-electron chi connectivity index (χ2n) is 4.05. The Morgan fingerprint density at radius 3 is 2.69 bits per heavy atom. The normalized spacial score (nSPS) is 10.5. The fourth-order valence-electron chi connectivity index (χ4n) is 1.63. The largest absolute Gasteiger partial charge is 0.355 e. The Morgan fingerprint density at radius 1 is 1.38 bits per heavy atom. The summed E-state index contributed by atoms with van der Waals surface area (Å²) in [4.78, 5) is 13.4. The van der Waals surface area contributed by atoms with Gasteiger partial charge in [0.1, 0.15) is 0 Å². The van der Waals surface area contributed by atoms with Gasteiger partial charge in [-0.25, -0.2) is 0 Å². The van der Waals surface area contributed by atoms with E-state index in [9.17, 15) is 4.79 Å². The topological polar surface area (TPSA) is 32.3 Å². The zero-order valence-corrected chi connectivity index (χ0v) is 10.3. The Bertz CT molecular complexity index is 350. The van der Waals surface area contributed by atoms with Gasteiger partial charge in [-0.1, -0.05) is 24.3 Å². The van der Waals surface area contributed by atoms with Gasteiger partial charge in [-0.05, 0) is 32.0 Å². The maximum atomic E-state index is 11.4. The fourth-order valence-corrected chi connectivity index (χ4v) is 1.63. The summed E-state index contributed by atoms with van der Waals surface area (Å²) in [5.41, 5.74) is 2.54. The van der Waals surface area contributed by atoms with Crippen molar-refractivity contribution in [1.29, 1.82) is 0 Å². The van der Waals surface area contributed by atoms with Crippen LogP contribution in [-0.2, 0) is 11.3 Å². The van der Waals surface area contributed by atoms with Crippen LogP contribution in [0.1, 0.15) is 18.1 Å². The summed E-state index contributed by atoms with van der Waals surface area (Å²) in [6.45, 7) is 5.97. The third-order valence-electron chi connectivity index (χ3n) is 2.49. The Hall–Kier alpha value is -1.35. The highest BCUT2D eigenvalue weighted by Gasteiger charge is 2.06. The summed E-state index contributed by atoms with van der Waals surface area (Å²) in [6.07, 6.45) is 0. The monoisotopic (exact) mass is 220 g/mol. The number of likely N-dealkylation sites (N-methyl/N-ethyl adjacent to an activating group) is 2. The van der Waals surface area contributed by atoms with Gasteiger partial charge in [0, 0.05) is 13.1 Å². The van der Waals surface area contributed by atoms with Crippen LogP contribution in [0.4, 0.5) is 0 Å². The van der Waals surface area contributed by atoms with Gasteiger partial charge in [-0.2, -0.15) is 0 Å². The molecule has 1 amide bonds. The van der Waals surface area contributed by atoms with Crippen molar-refractivity contribution in [1.82, 2.24) is 10.2 Å². The molecule has 0 aromatic heterocycles. The summed E-state index contributed by atoms with van der Waals surface area (Å²) < 4.78 is 0. The lowest BCUT2D eigenvalue weighted by Gasteiger charge is -2.17. The van der Waals surface area contributed by atoms with E-state index in [1.165, 1.54) is 11.1 Å². The molecule has 1 N–H and O–H groups in total. The summed E-state index contributed by atoms with van der Waals surface area (Å²) in [5, 5.41) is 2.80. The second kappa shape index (κ2) is 6.28. The number of aryl methyl sites for hydroxylation is 1. The molecule has 0 atom stereocenters. The van der Waals surface area contributed by atoms with E-state index in [-0.39, 0.29) is 5.91 Å². The SMILES string of the molecule is CCNC(=O)CN(C)Cc1ccccc1C. The second-order valence-corrected chi connectivity index (χ2v) is 4.05. The molecule has 0 saturated carbocycles. The number of carbonyl (C=O) groups excluding carboxylic acids is 1. The van der Waals surface area contributed by atoms with Crippen molar-refractivity contribution < 1.29 is 4.79 Å². The predicted octanol–water partition coefficient (Wildman–Crippen LogP) is 1.56. The van der Waals surface area contributed by atoms with Gasteiger partial charge in [0.2, 0.25) is 5.91 Å². The maximum absolute atomic E-state index is 11.4. The molecule has 1 rings (SSSR count). The van der Waals surface area contributed by atoms with E-state index < -0.39 is 0 Å². The molecular weight excluding hydrogens is 200 g/mol. The smallest absolute Gasteiger partial charge is 0.234 e. The number of carbonyl (C=O) groups is 1. The lowest BCUT2D eigenvalue weighted by atomic mass is 10.1. The number of rotatable bonds is 5. The van der Waals surface area contributed by atoms with Crippen LogP contribution in [-0.4, -0.2) is 30.9 Å². The van der Waals surface area contributed by atoms with Crippen molar-refractivity contribution in [2.45, 2.75) is 20.4 Å². The van der Waals surface area contributed by atoms with Crippen molar-refractivity contribution in [3.63, 3.8) is 0 Å². The number of benzene rings is 1. The Morgan fingerprint density at radius 2 is 2.06 bits per heavy atom. The Kier molecular flexibility index (Phi) is 4.99. The third kappa shape index (κ3) is 4.03. The van der Waals surface area contributed by atoms with Crippen LogP contribution >= 0.6 is 0 Å². The molecule has 0 saturated heterocycles. The molecule has 0 fully saturated rings. The predicted molar refractivity (Wildman–Crippen MR) is 66.2 cm³/mol. The highest BCUT2D eigenvalue weighted by molar-refractivity contribution is 5.77. The van der Waals surface area contributed by atoms with E-state index in [4.69, 9.17) is 0 Å². The van der Waals surface area contributed by atoms with Gasteiger partial charge in [0.15, 0.2) is 0 Å². The Balaban J connectivity index is 2.48. The van der Waals surface area contributed by atoms with Crippen LogP contribution in [0.3, 0.4) is 0 Å². The summed E-state index contributed by atoms with van der Waals surface area (Å²) in [5.74, 6) is 0.0820. The summed E-state index contributed by atoms with van der Waals surface area (Å²) in [7, 11) is 1.96. The van der Waals surface area contributed by atoms with Crippen LogP contribution in [0.25, 0.3) is 0 Å². The van der Waals surface area contributed by atoms with Gasteiger partial charge < -0.3 is 5.32 Å². The summed E-state index contributed by atoms with van der Waals surface area (Å²) >= 11 is 0. The quantitative estimate of drug-likeness (QED) is 0.817.